The minimum Gasteiger partial charge on any atom is -0.333 e. The summed E-state index contributed by atoms with van der Waals surface area (Å²) in [5.74, 6) is -0.0529. The lowest BCUT2D eigenvalue weighted by atomic mass is 9.83. The van der Waals surface area contributed by atoms with E-state index in [0.717, 1.165) is 43.4 Å². The molecule has 2 aliphatic carbocycles. The van der Waals surface area contributed by atoms with Crippen LogP contribution >= 0.6 is 11.3 Å². The SMILES string of the molecule is N#CC1(NC(=O)c2cc3c(s2)CCC3)CCCCC1. The molecule has 1 amide bonds. The molecule has 1 saturated carbocycles. The lowest BCUT2D eigenvalue weighted by Gasteiger charge is -2.31. The highest BCUT2D eigenvalue weighted by Gasteiger charge is 2.34. The molecule has 0 radical (unpaired) electrons. The van der Waals surface area contributed by atoms with Crippen LogP contribution in [0.1, 0.15) is 58.6 Å². The van der Waals surface area contributed by atoms with Crippen LogP contribution in [0.2, 0.25) is 0 Å². The minimum atomic E-state index is -0.621. The Morgan fingerprint density at radius 3 is 2.74 bits per heavy atom. The van der Waals surface area contributed by atoms with Crippen LogP contribution in [0.25, 0.3) is 0 Å². The molecule has 0 aromatic carbocycles. The van der Waals surface area contributed by atoms with Gasteiger partial charge in [-0.05, 0) is 43.7 Å². The van der Waals surface area contributed by atoms with E-state index in [1.165, 1.54) is 23.3 Å². The summed E-state index contributed by atoms with van der Waals surface area (Å²) in [7, 11) is 0. The Morgan fingerprint density at radius 1 is 1.26 bits per heavy atom. The van der Waals surface area contributed by atoms with Gasteiger partial charge in [0.25, 0.3) is 5.91 Å². The first-order valence-corrected chi connectivity index (χ1v) is 7.89. The summed E-state index contributed by atoms with van der Waals surface area (Å²) in [5.41, 5.74) is 0.717. The first kappa shape index (κ1) is 12.7. The molecule has 3 nitrogen and oxygen atoms in total. The van der Waals surface area contributed by atoms with Crippen molar-refractivity contribution in [2.24, 2.45) is 0 Å². The number of rotatable bonds is 2. The maximum Gasteiger partial charge on any atom is 0.262 e. The van der Waals surface area contributed by atoms with Crippen molar-refractivity contribution in [2.45, 2.75) is 56.9 Å². The van der Waals surface area contributed by atoms with Gasteiger partial charge in [-0.25, -0.2) is 0 Å². The second kappa shape index (κ2) is 4.97. The number of aryl methyl sites for hydroxylation is 2. The molecule has 1 heterocycles. The lowest BCUT2D eigenvalue weighted by molar-refractivity contribution is 0.0907. The van der Waals surface area contributed by atoms with Crippen molar-refractivity contribution in [3.63, 3.8) is 0 Å². The van der Waals surface area contributed by atoms with E-state index in [2.05, 4.69) is 11.4 Å². The van der Waals surface area contributed by atoms with Crippen LogP contribution in [-0.2, 0) is 12.8 Å². The van der Waals surface area contributed by atoms with Crippen molar-refractivity contribution in [1.29, 1.82) is 5.26 Å². The summed E-state index contributed by atoms with van der Waals surface area (Å²) < 4.78 is 0. The molecule has 1 N–H and O–H groups in total. The normalized spacial score (nSPS) is 20.6. The first-order chi connectivity index (χ1) is 9.22. The van der Waals surface area contributed by atoms with Crippen LogP contribution in [0.3, 0.4) is 0 Å². The zero-order valence-electron chi connectivity index (χ0n) is 11.0. The number of amides is 1. The number of nitrogens with zero attached hydrogens (tertiary/aromatic N) is 1. The van der Waals surface area contributed by atoms with Gasteiger partial charge in [-0.3, -0.25) is 4.79 Å². The van der Waals surface area contributed by atoms with E-state index >= 15 is 0 Å². The van der Waals surface area contributed by atoms with Gasteiger partial charge >= 0.3 is 0 Å². The first-order valence-electron chi connectivity index (χ1n) is 7.08. The number of nitrogens with one attached hydrogen (secondary N) is 1. The fourth-order valence-electron chi connectivity index (χ4n) is 3.14. The van der Waals surface area contributed by atoms with Crippen LogP contribution in [0, 0.1) is 11.3 Å². The predicted molar refractivity (Wildman–Crippen MR) is 75.2 cm³/mol. The van der Waals surface area contributed by atoms with E-state index in [4.69, 9.17) is 0 Å². The monoisotopic (exact) mass is 274 g/mol. The molecule has 1 aromatic rings. The van der Waals surface area contributed by atoms with E-state index in [-0.39, 0.29) is 5.91 Å². The van der Waals surface area contributed by atoms with Gasteiger partial charge in [0.1, 0.15) is 5.54 Å². The van der Waals surface area contributed by atoms with Crippen LogP contribution in [0.15, 0.2) is 6.07 Å². The standard InChI is InChI=1S/C15H18N2OS/c16-10-15(7-2-1-3-8-15)17-14(18)13-9-11-5-4-6-12(11)19-13/h9H,1-8H2,(H,17,18). The van der Waals surface area contributed by atoms with Crippen molar-refractivity contribution in [3.8, 4) is 6.07 Å². The van der Waals surface area contributed by atoms with Gasteiger partial charge in [-0.1, -0.05) is 19.3 Å². The summed E-state index contributed by atoms with van der Waals surface area (Å²) in [6, 6.07) is 4.36. The summed E-state index contributed by atoms with van der Waals surface area (Å²) in [6.45, 7) is 0. The maximum atomic E-state index is 12.3. The average molecular weight is 274 g/mol. The van der Waals surface area contributed by atoms with E-state index in [0.29, 0.717) is 0 Å². The molecule has 0 atom stereocenters. The Bertz CT molecular complexity index is 513. The topological polar surface area (TPSA) is 52.9 Å². The molecule has 19 heavy (non-hydrogen) atoms. The number of fused-ring (bicyclic) bond motifs is 1. The summed E-state index contributed by atoms with van der Waals surface area (Å²) in [4.78, 5) is 14.5. The molecule has 0 aliphatic heterocycles. The Kier molecular flexibility index (Phi) is 3.32. The Balaban J connectivity index is 1.75. The predicted octanol–water partition coefficient (Wildman–Crippen LogP) is 3.19. The molecule has 100 valence electrons. The van der Waals surface area contributed by atoms with Crippen LogP contribution < -0.4 is 5.32 Å². The lowest BCUT2D eigenvalue weighted by Crippen LogP contribution is -2.48. The van der Waals surface area contributed by atoms with E-state index in [1.807, 2.05) is 6.07 Å². The molecular formula is C15H18N2OS. The zero-order chi connectivity index (χ0) is 13.3. The zero-order valence-corrected chi connectivity index (χ0v) is 11.8. The van der Waals surface area contributed by atoms with Gasteiger partial charge in [-0.2, -0.15) is 5.26 Å². The Hall–Kier alpha value is -1.34. The highest BCUT2D eigenvalue weighted by atomic mass is 32.1. The number of hydrogen-bond acceptors (Lipinski definition) is 3. The summed E-state index contributed by atoms with van der Waals surface area (Å²) in [6.07, 6.45) is 8.25. The molecule has 3 rings (SSSR count). The van der Waals surface area contributed by atoms with Crippen LogP contribution in [0.5, 0.6) is 0 Å². The third-order valence-corrected chi connectivity index (χ3v) is 5.48. The molecule has 1 fully saturated rings. The number of thiophene rings is 1. The van der Waals surface area contributed by atoms with Crippen molar-refractivity contribution < 1.29 is 4.79 Å². The number of carbonyl (C=O) groups is 1. The largest absolute Gasteiger partial charge is 0.333 e. The molecule has 1 aromatic heterocycles. The van der Waals surface area contributed by atoms with Crippen molar-refractivity contribution in [3.05, 3.63) is 21.4 Å². The van der Waals surface area contributed by atoms with Crippen molar-refractivity contribution in [2.75, 3.05) is 0 Å². The third kappa shape index (κ3) is 2.40. The smallest absolute Gasteiger partial charge is 0.262 e. The molecule has 2 aliphatic rings. The molecule has 4 heteroatoms. The van der Waals surface area contributed by atoms with Gasteiger partial charge < -0.3 is 5.32 Å². The van der Waals surface area contributed by atoms with Crippen LogP contribution in [0.4, 0.5) is 0 Å². The molecular weight excluding hydrogens is 256 g/mol. The molecule has 0 saturated heterocycles. The fraction of sp³-hybridized carbons (Fsp3) is 0.600. The summed E-state index contributed by atoms with van der Waals surface area (Å²) >= 11 is 1.61. The Morgan fingerprint density at radius 2 is 2.05 bits per heavy atom. The number of nitriles is 1. The summed E-state index contributed by atoms with van der Waals surface area (Å²) in [5, 5.41) is 12.4. The van der Waals surface area contributed by atoms with E-state index in [1.54, 1.807) is 11.3 Å². The second-order valence-electron chi connectivity index (χ2n) is 5.62. The number of hydrogen-bond donors (Lipinski definition) is 1. The fourth-order valence-corrected chi connectivity index (χ4v) is 4.29. The van der Waals surface area contributed by atoms with Crippen molar-refractivity contribution >= 4 is 17.2 Å². The van der Waals surface area contributed by atoms with E-state index in [9.17, 15) is 10.1 Å². The van der Waals surface area contributed by atoms with Gasteiger partial charge in [0.2, 0.25) is 0 Å². The van der Waals surface area contributed by atoms with Crippen LogP contribution in [-0.4, -0.2) is 11.4 Å². The third-order valence-electron chi connectivity index (χ3n) is 4.24. The van der Waals surface area contributed by atoms with Gasteiger partial charge in [-0.15, -0.1) is 11.3 Å². The van der Waals surface area contributed by atoms with Gasteiger partial charge in [0.15, 0.2) is 0 Å². The second-order valence-corrected chi connectivity index (χ2v) is 6.76. The van der Waals surface area contributed by atoms with Gasteiger partial charge in [0.05, 0.1) is 10.9 Å². The Labute approximate surface area is 117 Å². The highest BCUT2D eigenvalue weighted by Crippen LogP contribution is 2.32. The number of carbonyl (C=O) groups excluding carboxylic acids is 1. The average Bonchev–Trinajstić information content (AvgIpc) is 3.00. The molecule has 0 unspecified atom stereocenters. The molecule has 0 bridgehead atoms. The quantitative estimate of drug-likeness (QED) is 0.900. The van der Waals surface area contributed by atoms with Crippen molar-refractivity contribution in [1.82, 2.24) is 5.32 Å². The van der Waals surface area contributed by atoms with E-state index < -0.39 is 5.54 Å². The highest BCUT2D eigenvalue weighted by molar-refractivity contribution is 7.14. The molecule has 0 spiro atoms. The maximum absolute atomic E-state index is 12.3. The van der Waals surface area contributed by atoms with Gasteiger partial charge in [0, 0.05) is 4.88 Å². The minimum absolute atomic E-state index is 0.0529.